The Morgan fingerprint density at radius 1 is 0.837 bits per heavy atom. The average molecular weight is 601 g/mol. The number of aromatic hydroxyl groups is 1. The fraction of sp³-hybridized carbons (Fsp3) is 0.379. The molecule has 4 rings (SSSR count). The monoisotopic (exact) mass is 600 g/mol. The minimum Gasteiger partial charge on any atom is -0.507 e. The largest absolute Gasteiger partial charge is 0.513 e. The second-order valence-electron chi connectivity index (χ2n) is 9.49. The van der Waals surface area contributed by atoms with Crippen LogP contribution in [-0.2, 0) is 30.2 Å². The van der Waals surface area contributed by atoms with Gasteiger partial charge in [-0.1, -0.05) is 12.1 Å². The molecule has 0 fully saturated rings. The third kappa shape index (κ3) is 5.60. The van der Waals surface area contributed by atoms with Crippen LogP contribution in [0.1, 0.15) is 83.2 Å². The van der Waals surface area contributed by atoms with Crippen LogP contribution < -0.4 is 9.47 Å². The number of Topliss-reactive ketones (excluding diaryl/α,β-unsaturated/α-hetero) is 1. The smallest absolute Gasteiger partial charge is 0.507 e. The lowest BCUT2D eigenvalue weighted by Gasteiger charge is -2.38. The van der Waals surface area contributed by atoms with Crippen LogP contribution >= 0.6 is 0 Å². The van der Waals surface area contributed by atoms with Crippen LogP contribution in [0, 0.1) is 0 Å². The lowest BCUT2D eigenvalue weighted by molar-refractivity contribution is -0.140. The van der Waals surface area contributed by atoms with Gasteiger partial charge >= 0.3 is 18.5 Å². The highest BCUT2D eigenvalue weighted by Crippen LogP contribution is 2.53. The van der Waals surface area contributed by atoms with Gasteiger partial charge in [-0.3, -0.25) is 14.4 Å². The normalized spacial score (nSPS) is 18.4. The standard InChI is InChI=1S/C29H28O14/c1-5-38-26(34)41-17-12-29(37,13(4)30)11-15-19(17)25(43-28(36)40-7-3)21-20(24(15)42-27(35)39-6-2)22(32)14-9-8-10-16(31)18(14)23(21)33/h8-10,17,31,37H,5-7,11-12H2,1-4H3/t17-,29-/m0/s1. The zero-order valence-electron chi connectivity index (χ0n) is 23.6. The molecule has 0 saturated heterocycles. The van der Waals surface area contributed by atoms with Gasteiger partial charge in [-0.25, -0.2) is 14.4 Å². The van der Waals surface area contributed by atoms with E-state index in [1.54, 1.807) is 0 Å². The van der Waals surface area contributed by atoms with Crippen molar-refractivity contribution in [2.75, 3.05) is 19.8 Å². The number of hydrogen-bond donors (Lipinski definition) is 2. The summed E-state index contributed by atoms with van der Waals surface area (Å²) in [6.45, 7) is 5.10. The number of phenols is 1. The van der Waals surface area contributed by atoms with E-state index < -0.39 is 94.3 Å². The zero-order chi connectivity index (χ0) is 31.6. The lowest BCUT2D eigenvalue weighted by Crippen LogP contribution is -2.45. The van der Waals surface area contributed by atoms with E-state index in [2.05, 4.69) is 0 Å². The molecule has 2 aliphatic carbocycles. The summed E-state index contributed by atoms with van der Waals surface area (Å²) in [5.41, 5.74) is -4.73. The van der Waals surface area contributed by atoms with Gasteiger partial charge in [0.25, 0.3) is 0 Å². The fourth-order valence-corrected chi connectivity index (χ4v) is 5.04. The van der Waals surface area contributed by atoms with Crippen LogP contribution in [0.3, 0.4) is 0 Å². The summed E-state index contributed by atoms with van der Waals surface area (Å²) in [5.74, 6) is -4.53. The van der Waals surface area contributed by atoms with Crippen molar-refractivity contribution in [2.24, 2.45) is 0 Å². The van der Waals surface area contributed by atoms with Crippen LogP contribution in [0.2, 0.25) is 0 Å². The summed E-state index contributed by atoms with van der Waals surface area (Å²) in [6, 6.07) is 3.72. The van der Waals surface area contributed by atoms with Gasteiger partial charge in [-0.05, 0) is 33.8 Å². The van der Waals surface area contributed by atoms with Gasteiger partial charge in [0.2, 0.25) is 5.78 Å². The Morgan fingerprint density at radius 2 is 1.40 bits per heavy atom. The number of ether oxygens (including phenoxy) is 6. The summed E-state index contributed by atoms with van der Waals surface area (Å²) in [7, 11) is 0. The first-order chi connectivity index (χ1) is 20.4. The SMILES string of the molecule is CCOC(=O)Oc1c2c(c(OC(=O)OCC)c3c1C(=O)c1cccc(O)c1C3=O)[C@@H](OC(=O)OCC)C[C@](O)(C(C)=O)C2. The first-order valence-electron chi connectivity index (χ1n) is 13.3. The number of aliphatic hydroxyl groups is 1. The number of hydrogen-bond acceptors (Lipinski definition) is 14. The quantitative estimate of drug-likeness (QED) is 0.226. The maximum atomic E-state index is 14.0. The molecule has 2 atom stereocenters. The highest BCUT2D eigenvalue weighted by atomic mass is 16.7. The molecule has 2 aromatic carbocycles. The van der Waals surface area contributed by atoms with Gasteiger partial charge in [-0.15, -0.1) is 0 Å². The molecule has 14 nitrogen and oxygen atoms in total. The van der Waals surface area contributed by atoms with Crippen LogP contribution in [-0.4, -0.2) is 71.5 Å². The highest BCUT2D eigenvalue weighted by molar-refractivity contribution is 6.31. The van der Waals surface area contributed by atoms with E-state index in [1.165, 1.54) is 32.9 Å². The van der Waals surface area contributed by atoms with Gasteiger partial charge in [0.05, 0.1) is 36.5 Å². The Bertz CT molecular complexity index is 1540. The molecule has 2 N–H and O–H groups in total. The van der Waals surface area contributed by atoms with Crippen LogP contribution in [0.25, 0.3) is 0 Å². The summed E-state index contributed by atoms with van der Waals surface area (Å²) < 4.78 is 31.0. The topological polar surface area (TPSA) is 198 Å². The van der Waals surface area contributed by atoms with Gasteiger partial charge in [0, 0.05) is 29.5 Å². The second kappa shape index (κ2) is 12.1. The number of carbonyl (C=O) groups is 6. The Labute approximate surface area is 244 Å². The van der Waals surface area contributed by atoms with Crippen molar-refractivity contribution in [3.05, 3.63) is 51.6 Å². The number of ketones is 3. The van der Waals surface area contributed by atoms with E-state index in [1.807, 2.05) is 0 Å². The first-order valence-corrected chi connectivity index (χ1v) is 13.3. The molecule has 43 heavy (non-hydrogen) atoms. The van der Waals surface area contributed by atoms with Crippen LogP contribution in [0.5, 0.6) is 17.2 Å². The summed E-state index contributed by atoms with van der Waals surface area (Å²) in [6.07, 6.45) is -6.76. The highest BCUT2D eigenvalue weighted by Gasteiger charge is 2.50. The molecule has 2 aromatic rings. The van der Waals surface area contributed by atoms with Crippen LogP contribution in [0.15, 0.2) is 18.2 Å². The van der Waals surface area contributed by atoms with Gasteiger partial charge in [0.1, 0.15) is 23.2 Å². The van der Waals surface area contributed by atoms with Gasteiger partial charge in [-0.2, -0.15) is 0 Å². The summed E-state index contributed by atoms with van der Waals surface area (Å²) in [5, 5.41) is 21.9. The lowest BCUT2D eigenvalue weighted by atomic mass is 9.72. The molecule has 14 heteroatoms. The molecule has 0 saturated carbocycles. The number of phenolic OH excluding ortho intramolecular Hbond substituents is 1. The second-order valence-corrected chi connectivity index (χ2v) is 9.49. The van der Waals surface area contributed by atoms with Gasteiger partial charge < -0.3 is 38.6 Å². The Hall–Kier alpha value is -4.98. The molecule has 0 amide bonds. The Balaban J connectivity index is 2.15. The molecule has 0 unspecified atom stereocenters. The van der Waals surface area contributed by atoms with Crippen LogP contribution in [0.4, 0.5) is 14.4 Å². The van der Waals surface area contributed by atoms with E-state index >= 15 is 0 Å². The van der Waals surface area contributed by atoms with Crippen molar-refractivity contribution in [1.29, 1.82) is 0 Å². The molecule has 228 valence electrons. The minimum atomic E-state index is -2.25. The number of carbonyl (C=O) groups excluding carboxylic acids is 6. The first kappa shape index (κ1) is 31.0. The van der Waals surface area contributed by atoms with Crippen molar-refractivity contribution in [2.45, 2.75) is 52.2 Å². The van der Waals surface area contributed by atoms with Crippen molar-refractivity contribution in [3.63, 3.8) is 0 Å². The molecule has 2 aliphatic rings. The Kier molecular flexibility index (Phi) is 8.71. The predicted molar refractivity (Wildman–Crippen MR) is 142 cm³/mol. The third-order valence-electron chi connectivity index (χ3n) is 6.88. The number of fused-ring (bicyclic) bond motifs is 3. The van der Waals surface area contributed by atoms with E-state index in [-0.39, 0.29) is 36.5 Å². The summed E-state index contributed by atoms with van der Waals surface area (Å²) in [4.78, 5) is 78.4. The Morgan fingerprint density at radius 3 is 1.98 bits per heavy atom. The fourth-order valence-electron chi connectivity index (χ4n) is 5.04. The minimum absolute atomic E-state index is 0.119. The third-order valence-corrected chi connectivity index (χ3v) is 6.88. The molecular weight excluding hydrogens is 572 g/mol. The van der Waals surface area contributed by atoms with E-state index in [0.717, 1.165) is 13.0 Å². The van der Waals surface area contributed by atoms with Crippen molar-refractivity contribution in [3.8, 4) is 17.2 Å². The molecule has 0 heterocycles. The van der Waals surface area contributed by atoms with Crippen molar-refractivity contribution in [1.82, 2.24) is 0 Å². The van der Waals surface area contributed by atoms with Gasteiger partial charge in [0.15, 0.2) is 17.3 Å². The molecule has 0 aliphatic heterocycles. The maximum absolute atomic E-state index is 14.0. The molecule has 0 radical (unpaired) electrons. The van der Waals surface area contributed by atoms with Crippen molar-refractivity contribution < 1.29 is 67.4 Å². The summed E-state index contributed by atoms with van der Waals surface area (Å²) >= 11 is 0. The van der Waals surface area contributed by atoms with E-state index in [9.17, 15) is 39.0 Å². The molecule has 0 aromatic heterocycles. The predicted octanol–water partition coefficient (Wildman–Crippen LogP) is 3.72. The maximum Gasteiger partial charge on any atom is 0.513 e. The molecule has 0 bridgehead atoms. The number of rotatable bonds is 7. The van der Waals surface area contributed by atoms with E-state index in [0.29, 0.717) is 0 Å². The van der Waals surface area contributed by atoms with E-state index in [4.69, 9.17) is 28.4 Å². The zero-order valence-corrected chi connectivity index (χ0v) is 23.6. The molecule has 0 spiro atoms. The van der Waals surface area contributed by atoms with Crippen molar-refractivity contribution >= 4 is 35.8 Å². The number of benzene rings is 2. The average Bonchev–Trinajstić information content (AvgIpc) is 2.92. The molecular formula is C29H28O14.